The molecule has 0 heterocycles. The quantitative estimate of drug-likeness (QED) is 0.862. The van der Waals surface area contributed by atoms with E-state index in [2.05, 4.69) is 17.6 Å². The third-order valence-electron chi connectivity index (χ3n) is 3.74. The maximum Gasteiger partial charge on any atom is 0.253 e. The van der Waals surface area contributed by atoms with E-state index in [1.807, 2.05) is 0 Å². The summed E-state index contributed by atoms with van der Waals surface area (Å²) in [5, 5.41) is 5.63. The van der Waals surface area contributed by atoms with Crippen LogP contribution in [0, 0.1) is 11.2 Å². The van der Waals surface area contributed by atoms with Crippen LogP contribution in [0.1, 0.15) is 36.5 Å². The maximum absolute atomic E-state index is 13.5. The Morgan fingerprint density at radius 1 is 1.44 bits per heavy atom. The Labute approximate surface area is 107 Å². The van der Waals surface area contributed by atoms with Crippen molar-refractivity contribution >= 4 is 11.6 Å². The van der Waals surface area contributed by atoms with Crippen molar-refractivity contribution in [2.45, 2.75) is 26.2 Å². The molecule has 0 unspecified atom stereocenters. The largest absolute Gasteiger partial charge is 0.385 e. The van der Waals surface area contributed by atoms with Gasteiger partial charge in [0.05, 0.1) is 11.3 Å². The molecular weight excluding hydrogens is 231 g/mol. The first-order valence-corrected chi connectivity index (χ1v) is 6.30. The molecule has 0 aliphatic heterocycles. The molecule has 2 N–H and O–H groups in total. The summed E-state index contributed by atoms with van der Waals surface area (Å²) < 4.78 is 13.5. The lowest BCUT2D eigenvalue weighted by Gasteiger charge is -2.38. The Morgan fingerprint density at radius 3 is 2.72 bits per heavy atom. The molecule has 1 aliphatic carbocycles. The van der Waals surface area contributed by atoms with Crippen molar-refractivity contribution in [3.8, 4) is 0 Å². The Bertz CT molecular complexity index is 455. The van der Waals surface area contributed by atoms with Crippen LogP contribution < -0.4 is 10.6 Å². The van der Waals surface area contributed by atoms with E-state index in [1.165, 1.54) is 12.5 Å². The number of nitrogens with one attached hydrogen (secondary N) is 2. The lowest BCUT2D eigenvalue weighted by molar-refractivity contribution is 0.0891. The second kappa shape index (κ2) is 4.96. The van der Waals surface area contributed by atoms with Gasteiger partial charge in [0.15, 0.2) is 0 Å². The minimum Gasteiger partial charge on any atom is -0.385 e. The summed E-state index contributed by atoms with van der Waals surface area (Å²) in [5.41, 5.74) is 0.845. The molecule has 1 aliphatic rings. The zero-order valence-corrected chi connectivity index (χ0v) is 10.8. The van der Waals surface area contributed by atoms with Crippen molar-refractivity contribution in [3.63, 3.8) is 0 Å². The standard InChI is InChI=1S/C14H19FN2O/c1-14(7-4-8-14)9-17-13(18)10-5-3-6-11(15)12(10)16-2/h3,5-6,16H,4,7-9H2,1-2H3,(H,17,18). The number of carbonyl (C=O) groups excluding carboxylic acids is 1. The fourth-order valence-corrected chi connectivity index (χ4v) is 2.31. The summed E-state index contributed by atoms with van der Waals surface area (Å²) in [6.07, 6.45) is 3.53. The summed E-state index contributed by atoms with van der Waals surface area (Å²) in [6, 6.07) is 4.53. The number of halogens is 1. The average Bonchev–Trinajstić information content (AvgIpc) is 2.33. The van der Waals surface area contributed by atoms with Crippen molar-refractivity contribution in [1.29, 1.82) is 0 Å². The Kier molecular flexibility index (Phi) is 3.55. The molecule has 2 rings (SSSR count). The van der Waals surface area contributed by atoms with Crippen LogP contribution in [0.5, 0.6) is 0 Å². The van der Waals surface area contributed by atoms with Gasteiger partial charge in [-0.25, -0.2) is 4.39 Å². The van der Waals surface area contributed by atoms with E-state index >= 15 is 0 Å². The van der Waals surface area contributed by atoms with Crippen molar-refractivity contribution in [2.24, 2.45) is 5.41 Å². The minimum absolute atomic E-state index is 0.216. The summed E-state index contributed by atoms with van der Waals surface area (Å²) in [4.78, 5) is 12.0. The summed E-state index contributed by atoms with van der Waals surface area (Å²) in [7, 11) is 1.61. The highest BCUT2D eigenvalue weighted by Crippen LogP contribution is 2.39. The Hall–Kier alpha value is -1.58. The zero-order chi connectivity index (χ0) is 13.2. The fraction of sp³-hybridized carbons (Fsp3) is 0.500. The van der Waals surface area contributed by atoms with Gasteiger partial charge in [-0.2, -0.15) is 0 Å². The molecule has 1 saturated carbocycles. The van der Waals surface area contributed by atoms with Gasteiger partial charge in [0.25, 0.3) is 5.91 Å². The first-order valence-electron chi connectivity index (χ1n) is 6.30. The first-order chi connectivity index (χ1) is 8.56. The van der Waals surface area contributed by atoms with E-state index in [-0.39, 0.29) is 17.0 Å². The highest BCUT2D eigenvalue weighted by Gasteiger charge is 2.32. The van der Waals surface area contributed by atoms with E-state index in [0.717, 1.165) is 12.8 Å². The van der Waals surface area contributed by atoms with E-state index in [4.69, 9.17) is 0 Å². The van der Waals surface area contributed by atoms with Gasteiger partial charge in [-0.15, -0.1) is 0 Å². The predicted molar refractivity (Wildman–Crippen MR) is 70.2 cm³/mol. The van der Waals surface area contributed by atoms with Crippen LogP contribution in [0.25, 0.3) is 0 Å². The highest BCUT2D eigenvalue weighted by atomic mass is 19.1. The summed E-state index contributed by atoms with van der Waals surface area (Å²) in [6.45, 7) is 2.83. The van der Waals surface area contributed by atoms with Crippen molar-refractivity contribution in [3.05, 3.63) is 29.6 Å². The van der Waals surface area contributed by atoms with E-state index in [1.54, 1.807) is 19.2 Å². The van der Waals surface area contributed by atoms with Crippen molar-refractivity contribution in [1.82, 2.24) is 5.32 Å². The van der Waals surface area contributed by atoms with Crippen LogP contribution in [0.4, 0.5) is 10.1 Å². The number of para-hydroxylation sites is 1. The minimum atomic E-state index is -0.403. The van der Waals surface area contributed by atoms with Gasteiger partial charge in [-0.05, 0) is 30.4 Å². The second-order valence-electron chi connectivity index (χ2n) is 5.26. The van der Waals surface area contributed by atoms with Crippen LogP contribution >= 0.6 is 0 Å². The average molecular weight is 250 g/mol. The highest BCUT2D eigenvalue weighted by molar-refractivity contribution is 5.99. The van der Waals surface area contributed by atoms with Gasteiger partial charge in [0.1, 0.15) is 5.82 Å². The number of carbonyl (C=O) groups is 1. The number of hydrogen-bond donors (Lipinski definition) is 2. The molecule has 1 amide bonds. The third kappa shape index (κ3) is 2.47. The van der Waals surface area contributed by atoms with Crippen LogP contribution in [0.15, 0.2) is 18.2 Å². The lowest BCUT2D eigenvalue weighted by Crippen LogP contribution is -2.40. The number of amides is 1. The molecule has 1 fully saturated rings. The molecule has 3 nitrogen and oxygen atoms in total. The monoisotopic (exact) mass is 250 g/mol. The molecule has 0 spiro atoms. The van der Waals surface area contributed by atoms with Crippen LogP contribution in [-0.2, 0) is 0 Å². The molecule has 0 bridgehead atoms. The number of anilines is 1. The Morgan fingerprint density at radius 2 is 2.17 bits per heavy atom. The van der Waals surface area contributed by atoms with Crippen molar-refractivity contribution < 1.29 is 9.18 Å². The van der Waals surface area contributed by atoms with Crippen LogP contribution in [-0.4, -0.2) is 19.5 Å². The molecule has 0 radical (unpaired) electrons. The van der Waals surface area contributed by atoms with Crippen LogP contribution in [0.3, 0.4) is 0 Å². The number of benzene rings is 1. The van der Waals surface area contributed by atoms with Crippen LogP contribution in [0.2, 0.25) is 0 Å². The molecule has 0 atom stereocenters. The number of hydrogen-bond acceptors (Lipinski definition) is 2. The molecule has 1 aromatic rings. The molecule has 0 saturated heterocycles. The maximum atomic E-state index is 13.5. The molecule has 0 aromatic heterocycles. The van der Waals surface area contributed by atoms with Gasteiger partial charge >= 0.3 is 0 Å². The van der Waals surface area contributed by atoms with E-state index < -0.39 is 5.82 Å². The fourth-order valence-electron chi connectivity index (χ4n) is 2.31. The second-order valence-corrected chi connectivity index (χ2v) is 5.26. The predicted octanol–water partition coefficient (Wildman–Crippen LogP) is 2.79. The first kappa shape index (κ1) is 12.9. The normalized spacial score (nSPS) is 16.8. The topological polar surface area (TPSA) is 41.1 Å². The molecule has 4 heteroatoms. The zero-order valence-electron chi connectivity index (χ0n) is 10.8. The summed E-state index contributed by atoms with van der Waals surface area (Å²) in [5.74, 6) is -0.619. The van der Waals surface area contributed by atoms with Gasteiger partial charge < -0.3 is 10.6 Å². The summed E-state index contributed by atoms with van der Waals surface area (Å²) >= 11 is 0. The van der Waals surface area contributed by atoms with Gasteiger partial charge in [0, 0.05) is 13.6 Å². The molecule has 18 heavy (non-hydrogen) atoms. The molecule has 98 valence electrons. The van der Waals surface area contributed by atoms with Gasteiger partial charge in [-0.3, -0.25) is 4.79 Å². The molecule has 1 aromatic carbocycles. The third-order valence-corrected chi connectivity index (χ3v) is 3.74. The van der Waals surface area contributed by atoms with Gasteiger partial charge in [0.2, 0.25) is 0 Å². The smallest absolute Gasteiger partial charge is 0.253 e. The van der Waals surface area contributed by atoms with Gasteiger partial charge in [-0.1, -0.05) is 19.4 Å². The lowest BCUT2D eigenvalue weighted by atomic mass is 9.70. The SMILES string of the molecule is CNc1c(F)cccc1C(=O)NCC1(C)CCC1. The molecular formula is C14H19FN2O. The van der Waals surface area contributed by atoms with E-state index in [9.17, 15) is 9.18 Å². The Balaban J connectivity index is 2.06. The van der Waals surface area contributed by atoms with E-state index in [0.29, 0.717) is 12.1 Å². The van der Waals surface area contributed by atoms with Crippen molar-refractivity contribution in [2.75, 3.05) is 18.9 Å². The number of rotatable bonds is 4.